The van der Waals surface area contributed by atoms with Crippen LogP contribution in [0, 0.1) is 5.82 Å². The summed E-state index contributed by atoms with van der Waals surface area (Å²) in [7, 11) is -3.54. The van der Waals surface area contributed by atoms with Crippen molar-refractivity contribution in [3.8, 4) is 0 Å². The average molecular weight is 493 g/mol. The van der Waals surface area contributed by atoms with Crippen molar-refractivity contribution in [2.75, 3.05) is 13.1 Å². The van der Waals surface area contributed by atoms with E-state index in [1.54, 1.807) is 38.1 Å². The summed E-state index contributed by atoms with van der Waals surface area (Å²) in [6.07, 6.45) is 1.14. The van der Waals surface area contributed by atoms with Crippen molar-refractivity contribution in [2.45, 2.75) is 57.6 Å². The van der Waals surface area contributed by atoms with Crippen LogP contribution < -0.4 is 16.0 Å². The molecule has 0 aliphatic heterocycles. The van der Waals surface area contributed by atoms with Gasteiger partial charge in [-0.2, -0.15) is 4.31 Å². The first-order chi connectivity index (χ1) is 16.2. The zero-order valence-electron chi connectivity index (χ0n) is 19.8. The molecule has 0 saturated carbocycles. The van der Waals surface area contributed by atoms with Gasteiger partial charge in [0.25, 0.3) is 0 Å². The second-order valence-electron chi connectivity index (χ2n) is 7.75. The van der Waals surface area contributed by atoms with Gasteiger partial charge in [0.05, 0.1) is 4.90 Å². The molecular formula is C24H33FN4O4S. The molecule has 0 fully saturated rings. The number of nitrogens with zero attached hydrogens (tertiary/aromatic N) is 1. The summed E-state index contributed by atoms with van der Waals surface area (Å²) in [5, 5.41) is 8.12. The van der Waals surface area contributed by atoms with Gasteiger partial charge in [-0.25, -0.2) is 17.6 Å². The van der Waals surface area contributed by atoms with Gasteiger partial charge in [-0.1, -0.05) is 51.5 Å². The molecule has 0 aromatic heterocycles. The fourth-order valence-electron chi connectivity index (χ4n) is 3.36. The van der Waals surface area contributed by atoms with Gasteiger partial charge in [0.2, 0.25) is 15.9 Å². The summed E-state index contributed by atoms with van der Waals surface area (Å²) in [6, 6.07) is 10.9. The van der Waals surface area contributed by atoms with Crippen LogP contribution in [0.15, 0.2) is 53.4 Å². The van der Waals surface area contributed by atoms with E-state index in [2.05, 4.69) is 16.0 Å². The van der Waals surface area contributed by atoms with Crippen molar-refractivity contribution >= 4 is 22.0 Å². The van der Waals surface area contributed by atoms with E-state index in [-0.39, 0.29) is 29.7 Å². The largest absolute Gasteiger partial charge is 0.350 e. The summed E-state index contributed by atoms with van der Waals surface area (Å²) in [5.74, 6) is -0.688. The molecule has 2 aromatic rings. The van der Waals surface area contributed by atoms with E-state index in [0.717, 1.165) is 11.1 Å². The number of hydrogen-bond donors (Lipinski definition) is 3. The first kappa shape index (κ1) is 27.3. The molecule has 34 heavy (non-hydrogen) atoms. The maximum atomic E-state index is 13.0. The number of sulfonamides is 1. The Labute approximate surface area is 201 Å². The predicted octanol–water partition coefficient (Wildman–Crippen LogP) is 3.14. The van der Waals surface area contributed by atoms with Crippen LogP contribution in [0.5, 0.6) is 0 Å². The molecule has 3 amide bonds. The highest BCUT2D eigenvalue weighted by Gasteiger charge is 2.22. The van der Waals surface area contributed by atoms with E-state index in [1.807, 2.05) is 6.92 Å². The third-order valence-electron chi connectivity index (χ3n) is 5.30. The highest BCUT2D eigenvalue weighted by atomic mass is 32.2. The number of rotatable bonds is 12. The van der Waals surface area contributed by atoms with Crippen LogP contribution in [0.3, 0.4) is 0 Å². The molecular weight excluding hydrogens is 459 g/mol. The minimum absolute atomic E-state index is 0.198. The number of hydrogen-bond acceptors (Lipinski definition) is 4. The third-order valence-corrected chi connectivity index (χ3v) is 7.36. The average Bonchev–Trinajstić information content (AvgIpc) is 2.82. The number of halogens is 1. The van der Waals surface area contributed by atoms with Crippen molar-refractivity contribution in [2.24, 2.45) is 0 Å². The van der Waals surface area contributed by atoms with E-state index in [0.29, 0.717) is 25.9 Å². The summed E-state index contributed by atoms with van der Waals surface area (Å²) >= 11 is 0. The van der Waals surface area contributed by atoms with Crippen LogP contribution >= 0.6 is 0 Å². The smallest absolute Gasteiger partial charge is 0.315 e. The second kappa shape index (κ2) is 13.0. The minimum atomic E-state index is -3.54. The maximum absolute atomic E-state index is 13.0. The SMILES string of the molecule is CCCC(NC(=O)NCc1ccc(F)cc1)C(=O)NCc1ccc(S(=O)(=O)N(CC)CC)cc1. The van der Waals surface area contributed by atoms with Crippen molar-refractivity contribution in [1.29, 1.82) is 0 Å². The quantitative estimate of drug-likeness (QED) is 0.423. The second-order valence-corrected chi connectivity index (χ2v) is 9.68. The minimum Gasteiger partial charge on any atom is -0.350 e. The van der Waals surface area contributed by atoms with Gasteiger partial charge >= 0.3 is 6.03 Å². The van der Waals surface area contributed by atoms with Crippen molar-refractivity contribution < 1.29 is 22.4 Å². The third kappa shape index (κ3) is 7.81. The Hall–Kier alpha value is -2.98. The molecule has 0 bridgehead atoms. The predicted molar refractivity (Wildman–Crippen MR) is 129 cm³/mol. The molecule has 1 atom stereocenters. The van der Waals surface area contributed by atoms with Crippen LogP contribution in [0.2, 0.25) is 0 Å². The van der Waals surface area contributed by atoms with Gasteiger partial charge in [-0.15, -0.1) is 0 Å². The monoisotopic (exact) mass is 492 g/mol. The fourth-order valence-corrected chi connectivity index (χ4v) is 4.81. The Bertz CT molecular complexity index is 1040. The summed E-state index contributed by atoms with van der Waals surface area (Å²) in [5.41, 5.74) is 1.47. The molecule has 0 heterocycles. The molecule has 0 spiro atoms. The molecule has 0 radical (unpaired) electrons. The molecule has 8 nitrogen and oxygen atoms in total. The van der Waals surface area contributed by atoms with E-state index in [9.17, 15) is 22.4 Å². The van der Waals surface area contributed by atoms with Crippen LogP contribution in [0.4, 0.5) is 9.18 Å². The van der Waals surface area contributed by atoms with E-state index in [1.165, 1.54) is 28.6 Å². The highest BCUT2D eigenvalue weighted by Crippen LogP contribution is 2.16. The van der Waals surface area contributed by atoms with Crippen LogP contribution in [-0.2, 0) is 27.9 Å². The number of carbonyl (C=O) groups excluding carboxylic acids is 2. The molecule has 0 aliphatic carbocycles. The molecule has 3 N–H and O–H groups in total. The van der Waals surface area contributed by atoms with Crippen molar-refractivity contribution in [3.05, 3.63) is 65.5 Å². The van der Waals surface area contributed by atoms with Gasteiger partial charge in [0.1, 0.15) is 11.9 Å². The Kier molecular flexibility index (Phi) is 10.5. The molecule has 1 unspecified atom stereocenters. The summed E-state index contributed by atoms with van der Waals surface area (Å²) in [6.45, 7) is 6.66. The van der Waals surface area contributed by atoms with Crippen molar-refractivity contribution in [1.82, 2.24) is 20.3 Å². The Morgan fingerprint density at radius 1 is 0.882 bits per heavy atom. The lowest BCUT2D eigenvalue weighted by molar-refractivity contribution is -0.123. The number of benzene rings is 2. The maximum Gasteiger partial charge on any atom is 0.315 e. The van der Waals surface area contributed by atoms with Gasteiger partial charge in [0, 0.05) is 26.2 Å². The molecule has 0 aliphatic rings. The Balaban J connectivity index is 1.91. The molecule has 10 heteroatoms. The summed E-state index contributed by atoms with van der Waals surface area (Å²) in [4.78, 5) is 25.1. The zero-order chi connectivity index (χ0) is 25.1. The van der Waals surface area contributed by atoms with E-state index in [4.69, 9.17) is 0 Å². The van der Waals surface area contributed by atoms with Crippen LogP contribution in [0.25, 0.3) is 0 Å². The number of carbonyl (C=O) groups is 2. The molecule has 2 rings (SSSR count). The standard InChI is InChI=1S/C24H33FN4O4S/c1-4-7-22(28-24(31)27-17-18-8-12-20(25)13-9-18)23(30)26-16-19-10-14-21(15-11-19)34(32,33)29(5-2)6-3/h8-15,22H,4-7,16-17H2,1-3H3,(H,26,30)(H2,27,28,31). The Morgan fingerprint density at radius 2 is 1.41 bits per heavy atom. The van der Waals surface area contributed by atoms with Crippen LogP contribution in [-0.4, -0.2) is 43.8 Å². The first-order valence-corrected chi connectivity index (χ1v) is 12.8. The molecule has 0 saturated heterocycles. The van der Waals surface area contributed by atoms with Gasteiger partial charge in [-0.05, 0) is 41.8 Å². The molecule has 186 valence electrons. The normalized spacial score (nSPS) is 12.3. The number of nitrogens with one attached hydrogen (secondary N) is 3. The topological polar surface area (TPSA) is 108 Å². The summed E-state index contributed by atoms with van der Waals surface area (Å²) < 4.78 is 39.5. The molecule has 2 aromatic carbocycles. The highest BCUT2D eigenvalue weighted by molar-refractivity contribution is 7.89. The van der Waals surface area contributed by atoms with Gasteiger partial charge in [0.15, 0.2) is 0 Å². The van der Waals surface area contributed by atoms with E-state index >= 15 is 0 Å². The fraction of sp³-hybridized carbons (Fsp3) is 0.417. The lowest BCUT2D eigenvalue weighted by Crippen LogP contribution is -2.49. The first-order valence-electron chi connectivity index (χ1n) is 11.4. The van der Waals surface area contributed by atoms with E-state index < -0.39 is 22.1 Å². The van der Waals surface area contributed by atoms with Crippen LogP contribution in [0.1, 0.15) is 44.7 Å². The van der Waals surface area contributed by atoms with Crippen molar-refractivity contribution in [3.63, 3.8) is 0 Å². The van der Waals surface area contributed by atoms with Gasteiger partial charge in [-0.3, -0.25) is 4.79 Å². The number of urea groups is 1. The lowest BCUT2D eigenvalue weighted by Gasteiger charge is -2.19. The lowest BCUT2D eigenvalue weighted by atomic mass is 10.1. The van der Waals surface area contributed by atoms with Gasteiger partial charge < -0.3 is 16.0 Å². The zero-order valence-corrected chi connectivity index (χ0v) is 20.6. The number of amides is 3. The Morgan fingerprint density at radius 3 is 1.94 bits per heavy atom.